The summed E-state index contributed by atoms with van der Waals surface area (Å²) in [4.78, 5) is 11.5. The lowest BCUT2D eigenvalue weighted by Gasteiger charge is -2.13. The fourth-order valence-corrected chi connectivity index (χ4v) is 1.07. The van der Waals surface area contributed by atoms with Crippen molar-refractivity contribution in [2.75, 3.05) is 20.3 Å². The highest BCUT2D eigenvalue weighted by Gasteiger charge is 2.16. The van der Waals surface area contributed by atoms with Crippen LogP contribution < -0.4 is 5.32 Å². The van der Waals surface area contributed by atoms with E-state index in [1.807, 2.05) is 0 Å². The van der Waals surface area contributed by atoms with Gasteiger partial charge in [0.2, 0.25) is 5.76 Å². The van der Waals surface area contributed by atoms with Crippen molar-refractivity contribution in [3.05, 3.63) is 17.5 Å². The van der Waals surface area contributed by atoms with Gasteiger partial charge in [0.25, 0.3) is 5.91 Å². The first-order valence-corrected chi connectivity index (χ1v) is 4.51. The second-order valence-electron chi connectivity index (χ2n) is 3.14. The van der Waals surface area contributed by atoms with E-state index in [-0.39, 0.29) is 19.0 Å². The van der Waals surface area contributed by atoms with Gasteiger partial charge in [-0.2, -0.15) is 0 Å². The summed E-state index contributed by atoms with van der Waals surface area (Å²) in [5, 5.41) is 15.1. The smallest absolute Gasteiger partial charge is 0.290 e. The van der Waals surface area contributed by atoms with E-state index < -0.39 is 11.9 Å². The van der Waals surface area contributed by atoms with Gasteiger partial charge in [-0.3, -0.25) is 4.79 Å². The summed E-state index contributed by atoms with van der Waals surface area (Å²) in [5.74, 6) is -0.284. The number of nitrogens with zero attached hydrogens (tertiary/aromatic N) is 1. The van der Waals surface area contributed by atoms with Crippen LogP contribution in [0.2, 0.25) is 0 Å². The van der Waals surface area contributed by atoms with Crippen LogP contribution in [0.4, 0.5) is 0 Å². The van der Waals surface area contributed by atoms with E-state index in [1.165, 1.54) is 13.2 Å². The number of aromatic nitrogens is 1. The zero-order valence-corrected chi connectivity index (χ0v) is 8.69. The molecule has 1 atom stereocenters. The number of hydrogen-bond acceptors (Lipinski definition) is 5. The fourth-order valence-electron chi connectivity index (χ4n) is 1.07. The molecule has 0 aliphatic heterocycles. The Kier molecular flexibility index (Phi) is 4.26. The second-order valence-corrected chi connectivity index (χ2v) is 3.14. The van der Waals surface area contributed by atoms with E-state index >= 15 is 0 Å². The maximum Gasteiger partial charge on any atom is 0.290 e. The number of nitrogens with one attached hydrogen (secondary N) is 1. The van der Waals surface area contributed by atoms with Crippen molar-refractivity contribution in [1.29, 1.82) is 0 Å². The van der Waals surface area contributed by atoms with Crippen molar-refractivity contribution in [2.45, 2.75) is 13.0 Å². The molecule has 0 aromatic carbocycles. The number of rotatable bonds is 5. The summed E-state index contributed by atoms with van der Waals surface area (Å²) in [5.41, 5.74) is 0.632. The standard InChI is InChI=1S/C9H14N2O4/c1-6-3-8(15-11-6)9(13)10-7(4-12)5-14-2/h3,7,12H,4-5H2,1-2H3,(H,10,13). The second kappa shape index (κ2) is 5.47. The minimum absolute atomic E-state index is 0.127. The molecule has 0 bridgehead atoms. The molecular weight excluding hydrogens is 200 g/mol. The van der Waals surface area contributed by atoms with Crippen molar-refractivity contribution >= 4 is 5.91 Å². The van der Waals surface area contributed by atoms with Crippen LogP contribution in [0, 0.1) is 6.92 Å². The number of aliphatic hydroxyl groups excluding tert-OH is 1. The number of carbonyl (C=O) groups is 1. The quantitative estimate of drug-likeness (QED) is 0.704. The molecule has 1 aromatic rings. The van der Waals surface area contributed by atoms with Gasteiger partial charge in [0, 0.05) is 13.2 Å². The van der Waals surface area contributed by atoms with Gasteiger partial charge in [0.1, 0.15) is 0 Å². The highest BCUT2D eigenvalue weighted by molar-refractivity contribution is 5.91. The third kappa shape index (κ3) is 3.34. The zero-order chi connectivity index (χ0) is 11.3. The van der Waals surface area contributed by atoms with Gasteiger partial charge in [-0.1, -0.05) is 5.16 Å². The monoisotopic (exact) mass is 214 g/mol. The summed E-state index contributed by atoms with van der Waals surface area (Å²) in [6.45, 7) is 1.78. The largest absolute Gasteiger partial charge is 0.394 e. The topological polar surface area (TPSA) is 84.6 Å². The molecule has 0 aliphatic carbocycles. The summed E-state index contributed by atoms with van der Waals surface area (Å²) in [6, 6.07) is 1.09. The first kappa shape index (κ1) is 11.7. The van der Waals surface area contributed by atoms with Crippen LogP contribution >= 0.6 is 0 Å². The third-order valence-electron chi connectivity index (χ3n) is 1.78. The molecule has 2 N–H and O–H groups in total. The minimum Gasteiger partial charge on any atom is -0.394 e. The van der Waals surface area contributed by atoms with Gasteiger partial charge in [0.05, 0.1) is 24.9 Å². The highest BCUT2D eigenvalue weighted by atomic mass is 16.5. The number of ether oxygens (including phenoxy) is 1. The Morgan fingerprint density at radius 2 is 2.53 bits per heavy atom. The molecule has 0 saturated heterocycles. The predicted octanol–water partition coefficient (Wildman–Crippen LogP) is -0.280. The molecule has 1 unspecified atom stereocenters. The van der Waals surface area contributed by atoms with Crippen molar-refractivity contribution < 1.29 is 19.2 Å². The Labute approximate surface area is 87.2 Å². The van der Waals surface area contributed by atoms with E-state index in [4.69, 9.17) is 14.4 Å². The van der Waals surface area contributed by atoms with Gasteiger partial charge in [-0.15, -0.1) is 0 Å². The Balaban J connectivity index is 2.54. The molecule has 1 aromatic heterocycles. The van der Waals surface area contributed by atoms with E-state index in [2.05, 4.69) is 10.5 Å². The van der Waals surface area contributed by atoms with Crippen molar-refractivity contribution in [3.8, 4) is 0 Å². The first-order valence-electron chi connectivity index (χ1n) is 4.51. The van der Waals surface area contributed by atoms with E-state index in [0.717, 1.165) is 0 Å². The lowest BCUT2D eigenvalue weighted by Crippen LogP contribution is -2.40. The van der Waals surface area contributed by atoms with Crippen LogP contribution in [-0.4, -0.2) is 42.5 Å². The number of methoxy groups -OCH3 is 1. The predicted molar refractivity (Wildman–Crippen MR) is 51.5 cm³/mol. The van der Waals surface area contributed by atoms with Crippen LogP contribution in [0.1, 0.15) is 16.2 Å². The summed E-state index contributed by atoms with van der Waals surface area (Å²) >= 11 is 0. The molecule has 1 amide bonds. The molecule has 0 fully saturated rings. The van der Waals surface area contributed by atoms with Crippen molar-refractivity contribution in [2.24, 2.45) is 0 Å². The molecule has 1 heterocycles. The molecule has 0 saturated carbocycles. The molecule has 0 aliphatic rings. The Hall–Kier alpha value is -1.40. The summed E-state index contributed by atoms with van der Waals surface area (Å²) in [6.07, 6.45) is 0. The van der Waals surface area contributed by atoms with E-state index in [0.29, 0.717) is 5.69 Å². The van der Waals surface area contributed by atoms with E-state index in [9.17, 15) is 4.79 Å². The summed E-state index contributed by atoms with van der Waals surface area (Å²) < 4.78 is 9.58. The molecule has 15 heavy (non-hydrogen) atoms. The van der Waals surface area contributed by atoms with Crippen molar-refractivity contribution in [3.63, 3.8) is 0 Å². The average Bonchev–Trinajstić information content (AvgIpc) is 2.64. The number of amides is 1. The van der Waals surface area contributed by atoms with Crippen LogP contribution in [0.15, 0.2) is 10.6 Å². The molecule has 84 valence electrons. The summed E-state index contributed by atoms with van der Waals surface area (Å²) in [7, 11) is 1.49. The Morgan fingerprint density at radius 1 is 1.80 bits per heavy atom. The van der Waals surface area contributed by atoms with Crippen LogP contribution in [0.3, 0.4) is 0 Å². The van der Waals surface area contributed by atoms with Gasteiger partial charge >= 0.3 is 0 Å². The first-order chi connectivity index (χ1) is 7.17. The molecular formula is C9H14N2O4. The number of carbonyl (C=O) groups excluding carboxylic acids is 1. The van der Waals surface area contributed by atoms with Gasteiger partial charge in [-0.05, 0) is 6.92 Å². The number of aliphatic hydroxyl groups is 1. The van der Waals surface area contributed by atoms with Crippen molar-refractivity contribution in [1.82, 2.24) is 10.5 Å². The number of hydrogen-bond donors (Lipinski definition) is 2. The maximum absolute atomic E-state index is 11.5. The third-order valence-corrected chi connectivity index (χ3v) is 1.78. The molecule has 0 radical (unpaired) electrons. The highest BCUT2D eigenvalue weighted by Crippen LogP contribution is 2.02. The lowest BCUT2D eigenvalue weighted by atomic mass is 10.3. The van der Waals surface area contributed by atoms with Crippen LogP contribution in [-0.2, 0) is 4.74 Å². The Morgan fingerprint density at radius 3 is 3.00 bits per heavy atom. The van der Waals surface area contributed by atoms with E-state index in [1.54, 1.807) is 6.92 Å². The average molecular weight is 214 g/mol. The van der Waals surface area contributed by atoms with Gasteiger partial charge in [-0.25, -0.2) is 0 Å². The Bertz CT molecular complexity index is 324. The van der Waals surface area contributed by atoms with Crippen LogP contribution in [0.25, 0.3) is 0 Å². The van der Waals surface area contributed by atoms with Crippen LogP contribution in [0.5, 0.6) is 0 Å². The molecule has 6 heteroatoms. The zero-order valence-electron chi connectivity index (χ0n) is 8.69. The van der Waals surface area contributed by atoms with Gasteiger partial charge in [0.15, 0.2) is 0 Å². The fraction of sp³-hybridized carbons (Fsp3) is 0.556. The molecule has 1 rings (SSSR count). The van der Waals surface area contributed by atoms with Gasteiger partial charge < -0.3 is 19.7 Å². The molecule has 6 nitrogen and oxygen atoms in total. The number of aryl methyl sites for hydroxylation is 1. The minimum atomic E-state index is -0.437. The lowest BCUT2D eigenvalue weighted by molar-refractivity contribution is 0.0806. The molecule has 0 spiro atoms. The normalized spacial score (nSPS) is 12.5. The SMILES string of the molecule is COCC(CO)NC(=O)c1cc(C)no1. The maximum atomic E-state index is 11.5.